The molecule has 1 aromatic heterocycles. The van der Waals surface area contributed by atoms with Gasteiger partial charge in [-0.1, -0.05) is 0 Å². The van der Waals surface area contributed by atoms with E-state index in [0.717, 1.165) is 38.4 Å². The summed E-state index contributed by atoms with van der Waals surface area (Å²) in [5.74, 6) is -0.175. The number of hydrogen-bond acceptors (Lipinski definition) is 6. The zero-order chi connectivity index (χ0) is 14.4. The molecule has 1 saturated heterocycles. The van der Waals surface area contributed by atoms with E-state index in [9.17, 15) is 4.79 Å². The van der Waals surface area contributed by atoms with Gasteiger partial charge in [-0.15, -0.1) is 0 Å². The minimum Gasteiger partial charge on any atom is -0.469 e. The number of esters is 1. The van der Waals surface area contributed by atoms with E-state index in [1.165, 1.54) is 7.11 Å². The molecule has 6 nitrogen and oxygen atoms in total. The van der Waals surface area contributed by atoms with Crippen LogP contribution in [0.4, 0.5) is 5.69 Å². The van der Waals surface area contributed by atoms with E-state index in [0.29, 0.717) is 12.1 Å². The van der Waals surface area contributed by atoms with Crippen molar-refractivity contribution in [3.05, 3.63) is 24.0 Å². The molecule has 20 heavy (non-hydrogen) atoms. The quantitative estimate of drug-likeness (QED) is 0.750. The second-order valence-electron chi connectivity index (χ2n) is 4.64. The lowest BCUT2D eigenvalue weighted by atomic mass is 10.2. The Morgan fingerprint density at radius 3 is 2.85 bits per heavy atom. The van der Waals surface area contributed by atoms with Gasteiger partial charge in [0.1, 0.15) is 6.07 Å². The zero-order valence-electron chi connectivity index (χ0n) is 11.6. The highest BCUT2D eigenvalue weighted by atomic mass is 16.5. The third kappa shape index (κ3) is 3.45. The predicted octanol–water partition coefficient (Wildman–Crippen LogP) is 0.638. The van der Waals surface area contributed by atoms with Crippen molar-refractivity contribution >= 4 is 11.7 Å². The van der Waals surface area contributed by atoms with Crippen molar-refractivity contribution in [2.24, 2.45) is 0 Å². The van der Waals surface area contributed by atoms with Gasteiger partial charge in [0.25, 0.3) is 0 Å². The van der Waals surface area contributed by atoms with Gasteiger partial charge >= 0.3 is 5.97 Å². The number of nitriles is 1. The highest BCUT2D eigenvalue weighted by Gasteiger charge is 2.19. The summed E-state index contributed by atoms with van der Waals surface area (Å²) in [6.07, 6.45) is 2.06. The second-order valence-corrected chi connectivity index (χ2v) is 4.64. The molecule has 6 heteroatoms. The molecule has 0 spiro atoms. The Labute approximate surface area is 118 Å². The molecule has 2 rings (SSSR count). The van der Waals surface area contributed by atoms with Crippen molar-refractivity contribution in [2.45, 2.75) is 6.42 Å². The number of methoxy groups -OCH3 is 1. The van der Waals surface area contributed by atoms with Crippen LogP contribution in [-0.4, -0.2) is 55.7 Å². The summed E-state index contributed by atoms with van der Waals surface area (Å²) in [5.41, 5.74) is 1.36. The Balaban J connectivity index is 1.88. The smallest absolute Gasteiger partial charge is 0.306 e. The zero-order valence-corrected chi connectivity index (χ0v) is 11.6. The van der Waals surface area contributed by atoms with E-state index in [-0.39, 0.29) is 5.97 Å². The lowest BCUT2D eigenvalue weighted by Gasteiger charge is -2.36. The maximum atomic E-state index is 11.1. The molecule has 0 aliphatic carbocycles. The first-order valence-corrected chi connectivity index (χ1v) is 6.64. The maximum absolute atomic E-state index is 11.1. The monoisotopic (exact) mass is 274 g/mol. The molecule has 0 atom stereocenters. The van der Waals surface area contributed by atoms with Gasteiger partial charge in [-0.05, 0) is 12.1 Å². The second kappa shape index (κ2) is 6.87. The number of pyridine rings is 1. The molecular weight excluding hydrogens is 256 g/mol. The fourth-order valence-corrected chi connectivity index (χ4v) is 2.30. The summed E-state index contributed by atoms with van der Waals surface area (Å²) in [4.78, 5) is 19.6. The van der Waals surface area contributed by atoms with E-state index in [1.54, 1.807) is 6.20 Å². The van der Waals surface area contributed by atoms with Crippen molar-refractivity contribution in [1.82, 2.24) is 9.88 Å². The Morgan fingerprint density at radius 1 is 1.45 bits per heavy atom. The van der Waals surface area contributed by atoms with E-state index >= 15 is 0 Å². The Hall–Kier alpha value is -2.13. The first-order chi connectivity index (χ1) is 9.74. The molecule has 0 radical (unpaired) electrons. The normalized spacial score (nSPS) is 15.7. The fraction of sp³-hybridized carbons (Fsp3) is 0.500. The van der Waals surface area contributed by atoms with Crippen LogP contribution in [0.15, 0.2) is 18.3 Å². The number of aromatic nitrogens is 1. The summed E-state index contributed by atoms with van der Waals surface area (Å²) < 4.78 is 4.64. The van der Waals surface area contributed by atoms with Crippen LogP contribution in [0.1, 0.15) is 12.1 Å². The van der Waals surface area contributed by atoms with Gasteiger partial charge in [0.05, 0.1) is 19.2 Å². The van der Waals surface area contributed by atoms with Gasteiger partial charge in [0, 0.05) is 38.9 Å². The summed E-state index contributed by atoms with van der Waals surface area (Å²) in [7, 11) is 1.41. The Bertz CT molecular complexity index is 504. The lowest BCUT2D eigenvalue weighted by Crippen LogP contribution is -2.47. The summed E-state index contributed by atoms with van der Waals surface area (Å²) >= 11 is 0. The average Bonchev–Trinajstić information content (AvgIpc) is 2.53. The van der Waals surface area contributed by atoms with Gasteiger partial charge in [-0.3, -0.25) is 9.69 Å². The summed E-state index contributed by atoms with van der Waals surface area (Å²) in [5, 5.41) is 9.07. The summed E-state index contributed by atoms with van der Waals surface area (Å²) in [6, 6.07) is 5.90. The van der Waals surface area contributed by atoms with Gasteiger partial charge in [-0.2, -0.15) is 5.26 Å². The number of carbonyl (C=O) groups is 1. The van der Waals surface area contributed by atoms with Crippen LogP contribution < -0.4 is 4.90 Å². The van der Waals surface area contributed by atoms with Crippen LogP contribution in [0, 0.1) is 11.3 Å². The first kappa shape index (κ1) is 14.3. The number of rotatable bonds is 4. The van der Waals surface area contributed by atoms with E-state index in [4.69, 9.17) is 5.26 Å². The number of hydrogen-bond donors (Lipinski definition) is 0. The van der Waals surface area contributed by atoms with Crippen molar-refractivity contribution in [3.63, 3.8) is 0 Å². The molecule has 2 heterocycles. The number of ether oxygens (including phenoxy) is 1. The van der Waals surface area contributed by atoms with Crippen LogP contribution in [0.5, 0.6) is 0 Å². The van der Waals surface area contributed by atoms with E-state index in [1.807, 2.05) is 12.1 Å². The molecule has 1 aliphatic heterocycles. The number of nitrogens with zero attached hydrogens (tertiary/aromatic N) is 4. The van der Waals surface area contributed by atoms with Crippen LogP contribution in [0.3, 0.4) is 0 Å². The number of piperazine rings is 1. The van der Waals surface area contributed by atoms with Crippen molar-refractivity contribution < 1.29 is 9.53 Å². The minimum atomic E-state index is -0.175. The van der Waals surface area contributed by atoms with Crippen molar-refractivity contribution in [2.75, 3.05) is 44.7 Å². The predicted molar refractivity (Wildman–Crippen MR) is 74.2 cm³/mol. The molecule has 0 unspecified atom stereocenters. The highest BCUT2D eigenvalue weighted by molar-refractivity contribution is 5.69. The third-order valence-electron chi connectivity index (χ3n) is 3.47. The number of carbonyl (C=O) groups excluding carboxylic acids is 1. The van der Waals surface area contributed by atoms with Gasteiger partial charge in [0.2, 0.25) is 0 Å². The van der Waals surface area contributed by atoms with Crippen molar-refractivity contribution in [3.8, 4) is 6.07 Å². The molecule has 0 aromatic carbocycles. The van der Waals surface area contributed by atoms with Crippen LogP contribution >= 0.6 is 0 Å². The van der Waals surface area contributed by atoms with Crippen molar-refractivity contribution in [1.29, 1.82) is 5.26 Å². The number of anilines is 1. The highest BCUT2D eigenvalue weighted by Crippen LogP contribution is 2.19. The maximum Gasteiger partial charge on any atom is 0.306 e. The Morgan fingerprint density at radius 2 is 2.20 bits per heavy atom. The topological polar surface area (TPSA) is 69.5 Å². The largest absolute Gasteiger partial charge is 0.469 e. The van der Waals surface area contributed by atoms with Crippen LogP contribution in [0.2, 0.25) is 0 Å². The lowest BCUT2D eigenvalue weighted by molar-refractivity contribution is -0.141. The van der Waals surface area contributed by atoms with Gasteiger partial charge in [-0.25, -0.2) is 4.98 Å². The first-order valence-electron chi connectivity index (χ1n) is 6.64. The standard InChI is InChI=1S/C14H18N4O2/c1-20-14(19)4-6-17-7-9-18(10-8-17)13-3-2-5-16-12(13)11-15/h2-3,5H,4,6-10H2,1H3. The average molecular weight is 274 g/mol. The third-order valence-corrected chi connectivity index (χ3v) is 3.47. The Kier molecular flexibility index (Phi) is 4.91. The summed E-state index contributed by atoms with van der Waals surface area (Å²) in [6.45, 7) is 4.13. The fourth-order valence-electron chi connectivity index (χ4n) is 2.30. The molecule has 1 aromatic rings. The van der Waals surface area contributed by atoms with Gasteiger partial charge in [0.15, 0.2) is 5.69 Å². The van der Waals surface area contributed by atoms with Gasteiger partial charge < -0.3 is 9.64 Å². The molecule has 106 valence electrons. The molecule has 0 bridgehead atoms. The molecule has 0 N–H and O–H groups in total. The minimum absolute atomic E-state index is 0.175. The SMILES string of the molecule is COC(=O)CCN1CCN(c2cccnc2C#N)CC1. The molecule has 1 aliphatic rings. The molecule has 0 amide bonds. The van der Waals surface area contributed by atoms with Crippen LogP contribution in [0.25, 0.3) is 0 Å². The molecular formula is C14H18N4O2. The van der Waals surface area contributed by atoms with Crippen LogP contribution in [-0.2, 0) is 9.53 Å². The van der Waals surface area contributed by atoms with E-state index in [2.05, 4.69) is 25.6 Å². The molecule has 1 fully saturated rings. The molecule has 0 saturated carbocycles. The van der Waals surface area contributed by atoms with E-state index < -0.39 is 0 Å².